The molecular formula is C18H26N2O3S. The monoisotopic (exact) mass is 350 g/mol. The molecule has 1 N–H and O–H groups in total. The molecule has 1 amide bonds. The molecule has 2 saturated carbocycles. The summed E-state index contributed by atoms with van der Waals surface area (Å²) in [5.74, 6) is 1.07. The Balaban J connectivity index is 1.78. The summed E-state index contributed by atoms with van der Waals surface area (Å²) in [6.45, 7) is 4.46. The maximum atomic E-state index is 12.6. The highest BCUT2D eigenvalue weighted by Gasteiger charge is 2.42. The summed E-state index contributed by atoms with van der Waals surface area (Å²) in [6.07, 6.45) is 4.77. The third kappa shape index (κ3) is 3.64. The summed E-state index contributed by atoms with van der Waals surface area (Å²) in [7, 11) is -3.54. The third-order valence-electron chi connectivity index (χ3n) is 5.00. The summed E-state index contributed by atoms with van der Waals surface area (Å²) >= 11 is 0. The van der Waals surface area contributed by atoms with Crippen molar-refractivity contribution in [2.75, 3.05) is 13.1 Å². The van der Waals surface area contributed by atoms with Crippen LogP contribution >= 0.6 is 0 Å². The van der Waals surface area contributed by atoms with E-state index >= 15 is 0 Å². The molecule has 2 fully saturated rings. The van der Waals surface area contributed by atoms with Crippen LogP contribution in [-0.2, 0) is 10.0 Å². The number of carbonyl (C=O) groups is 1. The van der Waals surface area contributed by atoms with Crippen LogP contribution in [0.3, 0.4) is 0 Å². The van der Waals surface area contributed by atoms with Crippen LogP contribution in [0, 0.1) is 11.8 Å². The van der Waals surface area contributed by atoms with Gasteiger partial charge < -0.3 is 5.32 Å². The lowest BCUT2D eigenvalue weighted by Gasteiger charge is -2.20. The van der Waals surface area contributed by atoms with Crippen LogP contribution < -0.4 is 5.32 Å². The Morgan fingerprint density at radius 3 is 2.25 bits per heavy atom. The van der Waals surface area contributed by atoms with Crippen molar-refractivity contribution in [3.05, 3.63) is 29.8 Å². The van der Waals surface area contributed by atoms with E-state index in [1.807, 2.05) is 13.8 Å². The van der Waals surface area contributed by atoms with Gasteiger partial charge in [-0.2, -0.15) is 4.31 Å². The quantitative estimate of drug-likeness (QED) is 0.784. The first-order valence-corrected chi connectivity index (χ1v) is 10.3. The van der Waals surface area contributed by atoms with Crippen LogP contribution in [0.15, 0.2) is 29.2 Å². The second kappa shape index (κ2) is 6.84. The van der Waals surface area contributed by atoms with Crippen molar-refractivity contribution in [1.82, 2.24) is 9.62 Å². The van der Waals surface area contributed by atoms with Crippen molar-refractivity contribution in [2.24, 2.45) is 11.8 Å². The Labute approximate surface area is 144 Å². The van der Waals surface area contributed by atoms with Gasteiger partial charge in [-0.3, -0.25) is 4.79 Å². The van der Waals surface area contributed by atoms with Crippen molar-refractivity contribution >= 4 is 15.9 Å². The largest absolute Gasteiger partial charge is 0.349 e. The van der Waals surface area contributed by atoms with Crippen LogP contribution in [0.1, 0.15) is 49.9 Å². The highest BCUT2D eigenvalue weighted by atomic mass is 32.2. The third-order valence-corrected chi connectivity index (χ3v) is 7.04. The molecule has 0 spiro atoms. The number of carbonyl (C=O) groups excluding carboxylic acids is 1. The topological polar surface area (TPSA) is 66.5 Å². The zero-order valence-electron chi connectivity index (χ0n) is 14.4. The smallest absolute Gasteiger partial charge is 0.251 e. The Morgan fingerprint density at radius 1 is 1.17 bits per heavy atom. The normalized spacial score (nSPS) is 18.2. The minimum atomic E-state index is -3.54. The summed E-state index contributed by atoms with van der Waals surface area (Å²) in [6, 6.07) is 6.66. The maximum Gasteiger partial charge on any atom is 0.251 e. The highest BCUT2D eigenvalue weighted by Crippen LogP contribution is 2.44. The molecule has 132 valence electrons. The zero-order chi connectivity index (χ0) is 17.3. The minimum absolute atomic E-state index is 0.157. The van der Waals surface area contributed by atoms with Gasteiger partial charge in [-0.15, -0.1) is 0 Å². The van der Waals surface area contributed by atoms with Crippen molar-refractivity contribution < 1.29 is 13.2 Å². The van der Waals surface area contributed by atoms with Crippen molar-refractivity contribution in [2.45, 2.75) is 50.5 Å². The molecule has 1 aromatic rings. The predicted molar refractivity (Wildman–Crippen MR) is 93.3 cm³/mol. The fraction of sp³-hybridized carbons (Fsp3) is 0.611. The molecule has 0 unspecified atom stereocenters. The molecule has 5 nitrogen and oxygen atoms in total. The van der Waals surface area contributed by atoms with Gasteiger partial charge in [-0.05, 0) is 55.7 Å². The SMILES string of the molecule is CCN(CC)S(=O)(=O)c1cccc(C(=O)NC(C2CC2)C2CC2)c1. The lowest BCUT2D eigenvalue weighted by atomic mass is 10.1. The molecular weight excluding hydrogens is 324 g/mol. The number of hydrogen-bond acceptors (Lipinski definition) is 3. The number of nitrogens with zero attached hydrogens (tertiary/aromatic N) is 1. The minimum Gasteiger partial charge on any atom is -0.349 e. The molecule has 1 aromatic carbocycles. The Hall–Kier alpha value is -1.40. The van der Waals surface area contributed by atoms with Gasteiger partial charge in [-0.25, -0.2) is 8.42 Å². The average molecular weight is 350 g/mol. The Kier molecular flexibility index (Phi) is 4.97. The summed E-state index contributed by atoms with van der Waals surface area (Å²) in [4.78, 5) is 12.8. The second-order valence-corrected chi connectivity index (χ2v) is 8.73. The first-order valence-electron chi connectivity index (χ1n) is 8.88. The van der Waals surface area contributed by atoms with E-state index < -0.39 is 10.0 Å². The molecule has 0 bridgehead atoms. The van der Waals surface area contributed by atoms with E-state index in [9.17, 15) is 13.2 Å². The summed E-state index contributed by atoms with van der Waals surface area (Å²) < 4.78 is 26.6. The molecule has 0 saturated heterocycles. The van der Waals surface area contributed by atoms with Crippen LogP contribution in [0.4, 0.5) is 0 Å². The van der Waals surface area contributed by atoms with E-state index in [1.165, 1.54) is 36.1 Å². The maximum absolute atomic E-state index is 12.6. The number of hydrogen-bond donors (Lipinski definition) is 1. The molecule has 0 heterocycles. The first kappa shape index (κ1) is 17.4. The zero-order valence-corrected chi connectivity index (χ0v) is 15.2. The van der Waals surface area contributed by atoms with Crippen molar-refractivity contribution in [1.29, 1.82) is 0 Å². The molecule has 0 radical (unpaired) electrons. The lowest BCUT2D eigenvalue weighted by molar-refractivity contribution is 0.0926. The van der Waals surface area contributed by atoms with E-state index in [1.54, 1.807) is 18.2 Å². The average Bonchev–Trinajstić information content (AvgIpc) is 3.47. The number of sulfonamides is 1. The molecule has 0 aromatic heterocycles. The van der Waals surface area contributed by atoms with Gasteiger partial charge in [0.25, 0.3) is 5.91 Å². The van der Waals surface area contributed by atoms with Crippen LogP contribution in [0.2, 0.25) is 0 Å². The Morgan fingerprint density at radius 2 is 1.75 bits per heavy atom. The van der Waals surface area contributed by atoms with Gasteiger partial charge in [0.1, 0.15) is 0 Å². The van der Waals surface area contributed by atoms with Crippen LogP contribution in [0.5, 0.6) is 0 Å². The van der Waals surface area contributed by atoms with Crippen LogP contribution in [-0.4, -0.2) is 37.8 Å². The molecule has 2 aliphatic rings. The Bertz CT molecular complexity index is 693. The number of nitrogens with one attached hydrogen (secondary N) is 1. The fourth-order valence-electron chi connectivity index (χ4n) is 3.28. The van der Waals surface area contributed by atoms with E-state index in [2.05, 4.69) is 5.32 Å². The predicted octanol–water partition coefficient (Wildman–Crippen LogP) is 2.64. The van der Waals surface area contributed by atoms with Gasteiger partial charge in [0.15, 0.2) is 0 Å². The molecule has 0 atom stereocenters. The van der Waals surface area contributed by atoms with Gasteiger partial charge in [0.2, 0.25) is 10.0 Å². The molecule has 6 heteroatoms. The van der Waals surface area contributed by atoms with E-state index in [-0.39, 0.29) is 16.8 Å². The summed E-state index contributed by atoms with van der Waals surface area (Å²) in [5, 5.41) is 3.15. The second-order valence-electron chi connectivity index (χ2n) is 6.79. The van der Waals surface area contributed by atoms with Gasteiger partial charge in [0.05, 0.1) is 4.90 Å². The van der Waals surface area contributed by atoms with E-state index in [0.29, 0.717) is 30.5 Å². The van der Waals surface area contributed by atoms with Crippen molar-refractivity contribution in [3.63, 3.8) is 0 Å². The van der Waals surface area contributed by atoms with E-state index in [4.69, 9.17) is 0 Å². The highest BCUT2D eigenvalue weighted by molar-refractivity contribution is 7.89. The molecule has 2 aliphatic carbocycles. The first-order chi connectivity index (χ1) is 11.5. The molecule has 0 aliphatic heterocycles. The summed E-state index contributed by atoms with van der Waals surface area (Å²) in [5.41, 5.74) is 0.425. The number of amides is 1. The van der Waals surface area contributed by atoms with Gasteiger partial charge >= 0.3 is 0 Å². The molecule has 3 rings (SSSR count). The number of benzene rings is 1. The molecule has 24 heavy (non-hydrogen) atoms. The standard InChI is InChI=1S/C18H26N2O3S/c1-3-20(4-2)24(22,23)16-7-5-6-15(12-16)18(21)19-17(13-8-9-13)14-10-11-14/h5-7,12-14,17H,3-4,8-11H2,1-2H3,(H,19,21). The van der Waals surface area contributed by atoms with E-state index in [0.717, 1.165) is 0 Å². The number of rotatable bonds is 8. The lowest BCUT2D eigenvalue weighted by Crippen LogP contribution is -2.38. The van der Waals surface area contributed by atoms with Crippen molar-refractivity contribution in [3.8, 4) is 0 Å². The van der Waals surface area contributed by atoms with Gasteiger partial charge in [-0.1, -0.05) is 19.9 Å². The van der Waals surface area contributed by atoms with Crippen LogP contribution in [0.25, 0.3) is 0 Å². The van der Waals surface area contributed by atoms with Gasteiger partial charge in [0, 0.05) is 24.7 Å². The fourth-order valence-corrected chi connectivity index (χ4v) is 4.78.